The maximum Gasteiger partial charge on any atom is 0.162 e. The molecule has 0 bridgehead atoms. The van der Waals surface area contributed by atoms with Crippen LogP contribution in [0, 0.1) is 17.3 Å². The molecule has 4 nitrogen and oxygen atoms in total. The van der Waals surface area contributed by atoms with Crippen molar-refractivity contribution >= 4 is 11.5 Å². The first-order chi connectivity index (χ1) is 11.6. The van der Waals surface area contributed by atoms with Gasteiger partial charge in [-0.05, 0) is 51.7 Å². The SMILES string of the molecule is CC1CCC2C(C)(C)C2(N(CCOC(C)(C)C)c2cccnc2)C1=O. The van der Waals surface area contributed by atoms with Crippen LogP contribution in [0.2, 0.25) is 0 Å². The Labute approximate surface area is 152 Å². The molecule has 25 heavy (non-hydrogen) atoms. The molecule has 0 N–H and O–H groups in total. The third-order valence-electron chi connectivity index (χ3n) is 6.22. The van der Waals surface area contributed by atoms with E-state index in [1.54, 1.807) is 6.20 Å². The Bertz CT molecular complexity index is 635. The number of carbonyl (C=O) groups excluding carboxylic acids is 1. The third kappa shape index (κ3) is 2.88. The number of ether oxygens (including phenoxy) is 1. The topological polar surface area (TPSA) is 42.4 Å². The highest BCUT2D eigenvalue weighted by Crippen LogP contribution is 2.70. The van der Waals surface area contributed by atoms with E-state index < -0.39 is 5.54 Å². The Balaban J connectivity index is 1.95. The number of pyridine rings is 1. The van der Waals surface area contributed by atoms with Gasteiger partial charge < -0.3 is 9.64 Å². The highest BCUT2D eigenvalue weighted by atomic mass is 16.5. The van der Waals surface area contributed by atoms with Crippen LogP contribution in [0.1, 0.15) is 54.4 Å². The summed E-state index contributed by atoms with van der Waals surface area (Å²) in [5, 5.41) is 0. The van der Waals surface area contributed by atoms with Gasteiger partial charge in [0.25, 0.3) is 0 Å². The Kier molecular flexibility index (Phi) is 4.47. The molecule has 1 aromatic heterocycles. The molecule has 1 aromatic rings. The van der Waals surface area contributed by atoms with E-state index in [2.05, 4.69) is 57.5 Å². The Hall–Kier alpha value is -1.42. The minimum atomic E-state index is -0.408. The number of aromatic nitrogens is 1. The van der Waals surface area contributed by atoms with Crippen molar-refractivity contribution in [3.05, 3.63) is 24.5 Å². The van der Waals surface area contributed by atoms with E-state index in [9.17, 15) is 4.79 Å². The predicted molar refractivity (Wildman–Crippen MR) is 101 cm³/mol. The molecule has 2 aliphatic carbocycles. The third-order valence-corrected chi connectivity index (χ3v) is 6.22. The summed E-state index contributed by atoms with van der Waals surface area (Å²) < 4.78 is 5.99. The molecule has 3 unspecified atom stereocenters. The molecular formula is C21H32N2O2. The lowest BCUT2D eigenvalue weighted by atomic mass is 9.83. The van der Waals surface area contributed by atoms with Gasteiger partial charge in [0.2, 0.25) is 0 Å². The molecular weight excluding hydrogens is 312 g/mol. The van der Waals surface area contributed by atoms with Crippen molar-refractivity contribution in [3.63, 3.8) is 0 Å². The van der Waals surface area contributed by atoms with Crippen LogP contribution in [-0.2, 0) is 9.53 Å². The molecule has 0 aliphatic heterocycles. The molecule has 2 fully saturated rings. The molecule has 0 aromatic carbocycles. The van der Waals surface area contributed by atoms with E-state index in [1.165, 1.54) is 0 Å². The zero-order chi connectivity index (χ0) is 18.5. The number of hydrogen-bond acceptors (Lipinski definition) is 4. The maximum atomic E-state index is 13.4. The van der Waals surface area contributed by atoms with Gasteiger partial charge in [0.05, 0.1) is 24.1 Å². The number of fused-ring (bicyclic) bond motifs is 1. The Morgan fingerprint density at radius 1 is 1.32 bits per heavy atom. The fourth-order valence-corrected chi connectivity index (χ4v) is 4.96. The van der Waals surface area contributed by atoms with E-state index in [-0.39, 0.29) is 16.9 Å². The molecule has 1 heterocycles. The van der Waals surface area contributed by atoms with Crippen LogP contribution in [0.3, 0.4) is 0 Å². The highest BCUT2D eigenvalue weighted by Gasteiger charge is 2.78. The van der Waals surface area contributed by atoms with Gasteiger partial charge in [0.1, 0.15) is 5.54 Å². The van der Waals surface area contributed by atoms with E-state index in [0.717, 1.165) is 18.5 Å². The average Bonchev–Trinajstić information content (AvgIpc) is 3.04. The molecule has 0 radical (unpaired) electrons. The molecule has 2 saturated carbocycles. The lowest BCUT2D eigenvalue weighted by Crippen LogP contribution is -2.53. The van der Waals surface area contributed by atoms with Crippen LogP contribution in [0.4, 0.5) is 5.69 Å². The minimum Gasteiger partial charge on any atom is -0.374 e. The largest absolute Gasteiger partial charge is 0.374 e. The van der Waals surface area contributed by atoms with Crippen LogP contribution in [0.15, 0.2) is 24.5 Å². The molecule has 3 rings (SSSR count). The van der Waals surface area contributed by atoms with Gasteiger partial charge in [-0.1, -0.05) is 20.8 Å². The van der Waals surface area contributed by atoms with Crippen LogP contribution in [-0.4, -0.2) is 35.1 Å². The monoisotopic (exact) mass is 344 g/mol. The van der Waals surface area contributed by atoms with E-state index >= 15 is 0 Å². The van der Waals surface area contributed by atoms with Crippen molar-refractivity contribution in [2.75, 3.05) is 18.1 Å². The van der Waals surface area contributed by atoms with Crippen molar-refractivity contribution in [3.8, 4) is 0 Å². The van der Waals surface area contributed by atoms with Gasteiger partial charge in [-0.2, -0.15) is 0 Å². The summed E-state index contributed by atoms with van der Waals surface area (Å²) in [5.41, 5.74) is 0.431. The van der Waals surface area contributed by atoms with Gasteiger partial charge in [-0.3, -0.25) is 9.78 Å². The lowest BCUT2D eigenvalue weighted by molar-refractivity contribution is -0.127. The van der Waals surface area contributed by atoms with Gasteiger partial charge in [-0.15, -0.1) is 0 Å². The minimum absolute atomic E-state index is 0.00752. The van der Waals surface area contributed by atoms with Gasteiger partial charge >= 0.3 is 0 Å². The number of carbonyl (C=O) groups is 1. The van der Waals surface area contributed by atoms with Crippen LogP contribution in [0.25, 0.3) is 0 Å². The predicted octanol–water partition coefficient (Wildman–Crippen LogP) is 4.10. The van der Waals surface area contributed by atoms with Crippen LogP contribution >= 0.6 is 0 Å². The zero-order valence-corrected chi connectivity index (χ0v) is 16.5. The summed E-state index contributed by atoms with van der Waals surface area (Å²) >= 11 is 0. The fourth-order valence-electron chi connectivity index (χ4n) is 4.96. The van der Waals surface area contributed by atoms with E-state index in [1.807, 2.05) is 12.3 Å². The zero-order valence-electron chi connectivity index (χ0n) is 16.5. The first-order valence-electron chi connectivity index (χ1n) is 9.48. The number of nitrogens with zero attached hydrogens (tertiary/aromatic N) is 2. The number of rotatable bonds is 5. The molecule has 2 aliphatic rings. The summed E-state index contributed by atoms with van der Waals surface area (Å²) in [6, 6.07) is 4.02. The number of hydrogen-bond donors (Lipinski definition) is 0. The second-order valence-electron chi connectivity index (χ2n) is 9.21. The number of ketones is 1. The molecule has 138 valence electrons. The highest BCUT2D eigenvalue weighted by molar-refractivity contribution is 6.00. The summed E-state index contributed by atoms with van der Waals surface area (Å²) in [4.78, 5) is 20.0. The summed E-state index contributed by atoms with van der Waals surface area (Å²) in [6.07, 6.45) is 5.79. The summed E-state index contributed by atoms with van der Waals surface area (Å²) in [7, 11) is 0. The molecule has 0 amide bonds. The molecule has 0 spiro atoms. The van der Waals surface area contributed by atoms with Gasteiger partial charge in [0.15, 0.2) is 5.78 Å². The Morgan fingerprint density at radius 2 is 2.04 bits per heavy atom. The number of Topliss-reactive ketones (excluding diaryl/α,β-unsaturated/α-hetero) is 1. The summed E-state index contributed by atoms with van der Waals surface area (Å²) in [5.74, 6) is 0.938. The first kappa shape index (κ1) is 18.4. The molecule has 0 saturated heterocycles. The van der Waals surface area contributed by atoms with Crippen molar-refractivity contribution < 1.29 is 9.53 Å². The van der Waals surface area contributed by atoms with Gasteiger partial charge in [-0.25, -0.2) is 0 Å². The maximum absolute atomic E-state index is 13.4. The fraction of sp³-hybridized carbons (Fsp3) is 0.714. The van der Waals surface area contributed by atoms with Crippen LogP contribution < -0.4 is 4.90 Å². The summed E-state index contributed by atoms with van der Waals surface area (Å²) in [6.45, 7) is 14.1. The quantitative estimate of drug-likeness (QED) is 0.806. The molecule has 3 atom stereocenters. The Morgan fingerprint density at radius 3 is 2.64 bits per heavy atom. The smallest absolute Gasteiger partial charge is 0.162 e. The van der Waals surface area contributed by atoms with Crippen molar-refractivity contribution in [2.24, 2.45) is 17.3 Å². The average molecular weight is 344 g/mol. The first-order valence-corrected chi connectivity index (χ1v) is 9.48. The second kappa shape index (κ2) is 6.08. The van der Waals surface area contributed by atoms with Crippen LogP contribution in [0.5, 0.6) is 0 Å². The second-order valence-corrected chi connectivity index (χ2v) is 9.21. The van der Waals surface area contributed by atoms with Gasteiger partial charge in [0, 0.05) is 24.1 Å². The van der Waals surface area contributed by atoms with Crippen molar-refractivity contribution in [1.82, 2.24) is 4.98 Å². The normalized spacial score (nSPS) is 30.7. The number of anilines is 1. The van der Waals surface area contributed by atoms with Crippen molar-refractivity contribution in [2.45, 2.75) is 65.5 Å². The lowest BCUT2D eigenvalue weighted by Gasteiger charge is -2.39. The van der Waals surface area contributed by atoms with Crippen molar-refractivity contribution in [1.29, 1.82) is 0 Å². The van der Waals surface area contributed by atoms with E-state index in [0.29, 0.717) is 24.9 Å². The standard InChI is InChI=1S/C21H32N2O2/c1-15-9-10-17-20(5,6)21(17,18(15)24)23(12-13-25-19(2,3)4)16-8-7-11-22-14-16/h7-8,11,14-15,17H,9-10,12-13H2,1-6H3. The van der Waals surface area contributed by atoms with E-state index in [4.69, 9.17) is 4.74 Å². The molecule has 4 heteroatoms.